The fourth-order valence-electron chi connectivity index (χ4n) is 4.60. The minimum absolute atomic E-state index is 0.0444. The third kappa shape index (κ3) is 3.87. The van der Waals surface area contributed by atoms with Gasteiger partial charge in [0.2, 0.25) is 15.3 Å². The first-order valence-electron chi connectivity index (χ1n) is 10.5. The Balaban J connectivity index is 1.86. The van der Waals surface area contributed by atoms with Crippen LogP contribution >= 0.6 is 0 Å². The van der Waals surface area contributed by atoms with Crippen LogP contribution < -0.4 is 10.3 Å². The van der Waals surface area contributed by atoms with Crippen molar-refractivity contribution in [1.29, 1.82) is 0 Å². The van der Waals surface area contributed by atoms with E-state index in [1.807, 2.05) is 11.8 Å². The molecule has 2 heterocycles. The molecule has 2 atom stereocenters. The van der Waals surface area contributed by atoms with E-state index in [1.165, 1.54) is 24.4 Å². The lowest BCUT2D eigenvalue weighted by Crippen LogP contribution is -2.39. The average molecular weight is 443 g/mol. The lowest BCUT2D eigenvalue weighted by Gasteiger charge is -2.36. The third-order valence-corrected chi connectivity index (χ3v) is 7.82. The van der Waals surface area contributed by atoms with E-state index in [-0.39, 0.29) is 15.2 Å². The van der Waals surface area contributed by atoms with Gasteiger partial charge in [0.1, 0.15) is 10.7 Å². The lowest BCUT2D eigenvalue weighted by atomic mass is 9.91. The first-order valence-corrected chi connectivity index (χ1v) is 12.0. The molecule has 5 nitrogen and oxygen atoms in total. The Labute approximate surface area is 182 Å². The maximum atomic E-state index is 15.1. The fourth-order valence-corrected chi connectivity index (χ4v) is 6.00. The summed E-state index contributed by atoms with van der Waals surface area (Å²) in [5.74, 6) is 0.394. The normalized spacial score (nSPS) is 19.7. The van der Waals surface area contributed by atoms with Crippen LogP contribution in [0, 0.1) is 24.6 Å². The maximum Gasteiger partial charge on any atom is 0.211 e. The summed E-state index contributed by atoms with van der Waals surface area (Å²) in [6, 6.07) is 9.19. The Morgan fingerprint density at radius 1 is 1.03 bits per heavy atom. The smallest absolute Gasteiger partial charge is 0.211 e. The summed E-state index contributed by atoms with van der Waals surface area (Å²) in [5.41, 5.74) is 1.20. The molecule has 0 N–H and O–H groups in total. The molecule has 0 spiro atoms. The van der Waals surface area contributed by atoms with Crippen molar-refractivity contribution in [2.24, 2.45) is 18.9 Å². The maximum absolute atomic E-state index is 15.1. The second kappa shape index (κ2) is 7.79. The molecule has 0 aliphatic carbocycles. The Morgan fingerprint density at radius 3 is 2.26 bits per heavy atom. The van der Waals surface area contributed by atoms with Crippen LogP contribution in [0.2, 0.25) is 0 Å². The van der Waals surface area contributed by atoms with Gasteiger partial charge in [0.25, 0.3) is 0 Å². The highest BCUT2D eigenvalue weighted by molar-refractivity contribution is 7.91. The molecule has 3 aromatic rings. The molecule has 7 heteroatoms. The summed E-state index contributed by atoms with van der Waals surface area (Å²) >= 11 is 0. The molecule has 31 heavy (non-hydrogen) atoms. The van der Waals surface area contributed by atoms with Crippen LogP contribution in [0.1, 0.15) is 25.8 Å². The third-order valence-electron chi connectivity index (χ3n) is 6.05. The predicted molar refractivity (Wildman–Crippen MR) is 121 cm³/mol. The zero-order valence-electron chi connectivity index (χ0n) is 18.2. The number of aryl methyl sites for hydroxylation is 2. The molecule has 0 bridgehead atoms. The number of sulfone groups is 1. The van der Waals surface area contributed by atoms with Crippen LogP contribution in [0.5, 0.6) is 0 Å². The number of benzene rings is 2. The zero-order valence-corrected chi connectivity index (χ0v) is 19.0. The van der Waals surface area contributed by atoms with Gasteiger partial charge in [-0.05, 0) is 49.4 Å². The molecule has 0 unspecified atom stereocenters. The molecule has 1 fully saturated rings. The van der Waals surface area contributed by atoms with Gasteiger partial charge in [-0.2, -0.15) is 0 Å². The molecule has 164 valence electrons. The standard InChI is InChI=1S/C24H27FN2O3S/c1-15-5-7-18(8-6-15)31(29,30)23-14-26(4)21-11-22(20(25)10-19(21)24(23)28)27-12-16(2)9-17(3)13-27/h5-8,10-11,14,16-17H,9,12-13H2,1-4H3/t16-,17+. The quantitative estimate of drug-likeness (QED) is 0.607. The number of anilines is 1. The van der Waals surface area contributed by atoms with Gasteiger partial charge < -0.3 is 9.47 Å². The number of hydrogen-bond acceptors (Lipinski definition) is 4. The van der Waals surface area contributed by atoms with Crippen LogP contribution in [0.3, 0.4) is 0 Å². The van der Waals surface area contributed by atoms with E-state index >= 15 is 4.39 Å². The highest BCUT2D eigenvalue weighted by Crippen LogP contribution is 2.31. The highest BCUT2D eigenvalue weighted by Gasteiger charge is 2.27. The first-order chi connectivity index (χ1) is 14.6. The van der Waals surface area contributed by atoms with Crippen molar-refractivity contribution >= 4 is 26.4 Å². The second-order valence-corrected chi connectivity index (χ2v) is 10.8. The summed E-state index contributed by atoms with van der Waals surface area (Å²) in [6.07, 6.45) is 2.44. The van der Waals surface area contributed by atoms with Crippen molar-refractivity contribution < 1.29 is 12.8 Å². The molecule has 2 aromatic carbocycles. The summed E-state index contributed by atoms with van der Waals surface area (Å²) in [6.45, 7) is 7.66. The summed E-state index contributed by atoms with van der Waals surface area (Å²) in [4.78, 5) is 14.9. The number of piperidine rings is 1. The molecule has 1 aliphatic rings. The SMILES string of the molecule is Cc1ccc(S(=O)(=O)c2cn(C)c3cc(N4C[C@H](C)C[C@H](C)C4)c(F)cc3c2=O)cc1. The Morgan fingerprint density at radius 2 is 1.65 bits per heavy atom. The van der Waals surface area contributed by atoms with Crippen LogP contribution in [0.4, 0.5) is 10.1 Å². The number of rotatable bonds is 3. The number of halogens is 1. The molecule has 1 aromatic heterocycles. The second-order valence-electron chi connectivity index (χ2n) is 8.92. The number of hydrogen-bond donors (Lipinski definition) is 0. The number of nitrogens with zero attached hydrogens (tertiary/aromatic N) is 2. The fraction of sp³-hybridized carbons (Fsp3) is 0.375. The van der Waals surface area contributed by atoms with Gasteiger partial charge in [0.05, 0.1) is 21.5 Å². The number of pyridine rings is 1. The topological polar surface area (TPSA) is 59.4 Å². The van der Waals surface area contributed by atoms with Gasteiger partial charge in [-0.3, -0.25) is 4.79 Å². The van der Waals surface area contributed by atoms with Gasteiger partial charge in [-0.1, -0.05) is 31.5 Å². The van der Waals surface area contributed by atoms with Crippen molar-refractivity contribution in [2.75, 3.05) is 18.0 Å². The van der Waals surface area contributed by atoms with Gasteiger partial charge in [-0.15, -0.1) is 0 Å². The Kier molecular flexibility index (Phi) is 5.41. The van der Waals surface area contributed by atoms with E-state index in [9.17, 15) is 13.2 Å². The minimum atomic E-state index is -4.02. The van der Waals surface area contributed by atoms with E-state index < -0.39 is 21.1 Å². The van der Waals surface area contributed by atoms with Crippen LogP contribution in [0.25, 0.3) is 10.9 Å². The largest absolute Gasteiger partial charge is 0.369 e. The van der Waals surface area contributed by atoms with Gasteiger partial charge in [0.15, 0.2) is 0 Å². The van der Waals surface area contributed by atoms with Crippen molar-refractivity contribution in [3.63, 3.8) is 0 Å². The summed E-state index contributed by atoms with van der Waals surface area (Å²) in [7, 11) is -2.34. The van der Waals surface area contributed by atoms with Crippen LogP contribution in [-0.4, -0.2) is 26.1 Å². The highest BCUT2D eigenvalue weighted by atomic mass is 32.2. The van der Waals surface area contributed by atoms with E-state index in [4.69, 9.17) is 0 Å². The lowest BCUT2D eigenvalue weighted by molar-refractivity contribution is 0.354. The molecule has 0 saturated carbocycles. The van der Waals surface area contributed by atoms with Crippen LogP contribution in [0.15, 0.2) is 57.2 Å². The Bertz CT molecular complexity index is 1300. The summed E-state index contributed by atoms with van der Waals surface area (Å²) < 4.78 is 43.0. The molecule has 4 rings (SSSR count). The van der Waals surface area contributed by atoms with E-state index in [2.05, 4.69) is 13.8 Å². The van der Waals surface area contributed by atoms with E-state index in [0.29, 0.717) is 23.0 Å². The van der Waals surface area contributed by atoms with E-state index in [1.54, 1.807) is 29.8 Å². The number of aromatic nitrogens is 1. The monoisotopic (exact) mass is 442 g/mol. The first kappa shape index (κ1) is 21.6. The van der Waals surface area contributed by atoms with Gasteiger partial charge in [-0.25, -0.2) is 12.8 Å². The minimum Gasteiger partial charge on any atom is -0.369 e. The van der Waals surface area contributed by atoms with Gasteiger partial charge >= 0.3 is 0 Å². The van der Waals surface area contributed by atoms with Crippen molar-refractivity contribution in [1.82, 2.24) is 4.57 Å². The van der Waals surface area contributed by atoms with E-state index in [0.717, 1.165) is 25.1 Å². The average Bonchev–Trinajstić information content (AvgIpc) is 2.69. The van der Waals surface area contributed by atoms with Crippen LogP contribution in [-0.2, 0) is 16.9 Å². The molecule has 1 saturated heterocycles. The molecular weight excluding hydrogens is 415 g/mol. The molecule has 0 amide bonds. The van der Waals surface area contributed by atoms with Gasteiger partial charge in [0, 0.05) is 26.3 Å². The summed E-state index contributed by atoms with van der Waals surface area (Å²) in [5, 5.41) is 0.0649. The van der Waals surface area contributed by atoms with Crippen molar-refractivity contribution in [3.05, 3.63) is 64.2 Å². The molecular formula is C24H27FN2O3S. The van der Waals surface area contributed by atoms with Crippen molar-refractivity contribution in [3.8, 4) is 0 Å². The van der Waals surface area contributed by atoms with Crippen molar-refractivity contribution in [2.45, 2.75) is 37.0 Å². The molecule has 0 radical (unpaired) electrons. The zero-order chi connectivity index (χ0) is 22.5. The number of fused-ring (bicyclic) bond motifs is 1. The Hall–Kier alpha value is -2.67. The predicted octanol–water partition coefficient (Wildman–Crippen LogP) is 4.30. The molecule has 1 aliphatic heterocycles.